The van der Waals surface area contributed by atoms with Gasteiger partial charge in [0.1, 0.15) is 11.9 Å². The molecular formula is C24H31FN4O3. The Kier molecular flexibility index (Phi) is 6.89. The van der Waals surface area contributed by atoms with Gasteiger partial charge in [0.05, 0.1) is 25.2 Å². The molecule has 1 N–H and O–H groups in total. The van der Waals surface area contributed by atoms with Crippen molar-refractivity contribution < 1.29 is 18.7 Å². The molecule has 1 aromatic carbocycles. The number of carbonyl (C=O) groups excluding carboxylic acids is 2. The van der Waals surface area contributed by atoms with Gasteiger partial charge in [0.2, 0.25) is 5.91 Å². The van der Waals surface area contributed by atoms with Crippen LogP contribution in [0.25, 0.3) is 0 Å². The normalized spacial score (nSPS) is 19.1. The van der Waals surface area contributed by atoms with Gasteiger partial charge in [0.15, 0.2) is 5.69 Å². The SMILES string of the molecule is CCC(CC)NC(=O)C1CCN(C(=O)c2ncn3c2CO[C@@H](c2ccc(F)cc2)C3)CC1. The molecule has 2 aliphatic rings. The van der Waals surface area contributed by atoms with Crippen molar-refractivity contribution in [2.24, 2.45) is 5.92 Å². The lowest BCUT2D eigenvalue weighted by atomic mass is 9.95. The van der Waals surface area contributed by atoms with E-state index in [2.05, 4.69) is 24.1 Å². The van der Waals surface area contributed by atoms with Gasteiger partial charge in [-0.15, -0.1) is 0 Å². The van der Waals surface area contributed by atoms with E-state index in [0.717, 1.165) is 24.1 Å². The molecule has 1 aromatic heterocycles. The number of ether oxygens (including phenoxy) is 1. The second-order valence-corrected chi connectivity index (χ2v) is 8.63. The summed E-state index contributed by atoms with van der Waals surface area (Å²) in [5.41, 5.74) is 2.08. The summed E-state index contributed by atoms with van der Waals surface area (Å²) in [5, 5.41) is 3.12. The van der Waals surface area contributed by atoms with E-state index in [4.69, 9.17) is 4.74 Å². The highest BCUT2D eigenvalue weighted by Gasteiger charge is 2.32. The van der Waals surface area contributed by atoms with Gasteiger partial charge in [-0.1, -0.05) is 26.0 Å². The number of nitrogens with zero attached hydrogens (tertiary/aromatic N) is 3. The van der Waals surface area contributed by atoms with Crippen molar-refractivity contribution in [1.82, 2.24) is 19.8 Å². The molecule has 7 nitrogen and oxygen atoms in total. The number of imidazole rings is 1. The molecule has 2 amide bonds. The van der Waals surface area contributed by atoms with Crippen LogP contribution in [-0.4, -0.2) is 45.4 Å². The zero-order valence-corrected chi connectivity index (χ0v) is 18.7. The zero-order chi connectivity index (χ0) is 22.7. The third kappa shape index (κ3) is 4.70. The summed E-state index contributed by atoms with van der Waals surface area (Å²) in [4.78, 5) is 31.8. The molecule has 4 rings (SSSR count). The molecule has 0 bridgehead atoms. The van der Waals surface area contributed by atoms with Gasteiger partial charge in [-0.3, -0.25) is 9.59 Å². The van der Waals surface area contributed by atoms with Crippen molar-refractivity contribution >= 4 is 11.8 Å². The highest BCUT2D eigenvalue weighted by molar-refractivity contribution is 5.93. The van der Waals surface area contributed by atoms with E-state index >= 15 is 0 Å². The number of hydrogen-bond donors (Lipinski definition) is 1. The van der Waals surface area contributed by atoms with Gasteiger partial charge in [-0.25, -0.2) is 9.37 Å². The number of aromatic nitrogens is 2. The molecule has 0 spiro atoms. The van der Waals surface area contributed by atoms with E-state index < -0.39 is 0 Å². The maximum Gasteiger partial charge on any atom is 0.274 e. The Morgan fingerprint density at radius 1 is 1.19 bits per heavy atom. The Labute approximate surface area is 188 Å². The molecule has 1 fully saturated rings. The molecule has 3 heterocycles. The Morgan fingerprint density at radius 2 is 1.88 bits per heavy atom. The van der Waals surface area contributed by atoms with Crippen LogP contribution < -0.4 is 5.32 Å². The smallest absolute Gasteiger partial charge is 0.274 e. The average Bonchev–Trinajstić information content (AvgIpc) is 3.25. The third-order valence-corrected chi connectivity index (χ3v) is 6.66. The summed E-state index contributed by atoms with van der Waals surface area (Å²) in [5.74, 6) is -0.334. The minimum Gasteiger partial charge on any atom is -0.365 e. The molecule has 2 aliphatic heterocycles. The Hall–Kier alpha value is -2.74. The number of halogens is 1. The molecule has 0 radical (unpaired) electrons. The van der Waals surface area contributed by atoms with Crippen LogP contribution in [0, 0.1) is 11.7 Å². The minimum atomic E-state index is -0.280. The number of benzene rings is 1. The van der Waals surface area contributed by atoms with E-state index in [1.54, 1.807) is 23.4 Å². The number of carbonyl (C=O) groups is 2. The number of rotatable bonds is 6. The van der Waals surface area contributed by atoms with Crippen molar-refractivity contribution in [3.05, 3.63) is 53.4 Å². The number of piperidine rings is 1. The van der Waals surface area contributed by atoms with Gasteiger partial charge in [0.25, 0.3) is 5.91 Å². The van der Waals surface area contributed by atoms with Gasteiger partial charge in [-0.2, -0.15) is 0 Å². The molecule has 0 saturated carbocycles. The Bertz CT molecular complexity index is 947. The minimum absolute atomic E-state index is 0.0460. The standard InChI is InChI=1S/C24H31FN4O3/c1-3-19(4-2)27-23(30)17-9-11-28(12-10-17)24(31)22-20-14-32-21(13-29(20)15-26-22)16-5-7-18(25)8-6-16/h5-8,15,17,19,21H,3-4,9-14H2,1-2H3,(H,27,30)/t21-/m1/s1. The van der Waals surface area contributed by atoms with Crippen LogP contribution in [0.15, 0.2) is 30.6 Å². The first-order chi connectivity index (χ1) is 15.5. The molecule has 32 heavy (non-hydrogen) atoms. The number of hydrogen-bond acceptors (Lipinski definition) is 4. The van der Waals surface area contributed by atoms with Gasteiger partial charge in [0, 0.05) is 25.0 Å². The number of nitrogens with one attached hydrogen (secondary N) is 1. The fourth-order valence-corrected chi connectivity index (χ4v) is 4.49. The van der Waals surface area contributed by atoms with Crippen LogP contribution in [0.2, 0.25) is 0 Å². The highest BCUT2D eigenvalue weighted by Crippen LogP contribution is 2.29. The van der Waals surface area contributed by atoms with Crippen molar-refractivity contribution in [3.8, 4) is 0 Å². The molecular weight excluding hydrogens is 411 g/mol. The lowest BCUT2D eigenvalue weighted by Gasteiger charge is -2.32. The first kappa shape index (κ1) is 22.5. The van der Waals surface area contributed by atoms with Crippen LogP contribution >= 0.6 is 0 Å². The second-order valence-electron chi connectivity index (χ2n) is 8.63. The maximum atomic E-state index is 13.2. The third-order valence-electron chi connectivity index (χ3n) is 6.66. The van der Waals surface area contributed by atoms with Gasteiger partial charge >= 0.3 is 0 Å². The van der Waals surface area contributed by atoms with Crippen LogP contribution in [0.1, 0.15) is 67.4 Å². The average molecular weight is 443 g/mol. The van der Waals surface area contributed by atoms with E-state index in [9.17, 15) is 14.0 Å². The van der Waals surface area contributed by atoms with Crippen molar-refractivity contribution in [2.75, 3.05) is 13.1 Å². The Balaban J connectivity index is 1.36. The summed E-state index contributed by atoms with van der Waals surface area (Å²) in [6.07, 6.45) is 4.65. The molecule has 172 valence electrons. The quantitative estimate of drug-likeness (QED) is 0.744. The topological polar surface area (TPSA) is 76.5 Å². The van der Waals surface area contributed by atoms with E-state index in [-0.39, 0.29) is 42.3 Å². The van der Waals surface area contributed by atoms with Crippen LogP contribution in [0.4, 0.5) is 4.39 Å². The maximum absolute atomic E-state index is 13.2. The summed E-state index contributed by atoms with van der Waals surface area (Å²) in [6, 6.07) is 6.50. The van der Waals surface area contributed by atoms with Crippen LogP contribution in [-0.2, 0) is 22.7 Å². The number of likely N-dealkylation sites (tertiary alicyclic amines) is 1. The van der Waals surface area contributed by atoms with E-state index in [1.807, 2.05) is 4.57 Å². The van der Waals surface area contributed by atoms with Gasteiger partial charge in [-0.05, 0) is 43.4 Å². The summed E-state index contributed by atoms with van der Waals surface area (Å²) in [7, 11) is 0. The zero-order valence-electron chi connectivity index (χ0n) is 18.7. The molecule has 0 unspecified atom stereocenters. The summed E-state index contributed by atoms with van der Waals surface area (Å²) < 4.78 is 21.1. The van der Waals surface area contributed by atoms with E-state index in [0.29, 0.717) is 38.2 Å². The lowest BCUT2D eigenvalue weighted by molar-refractivity contribution is -0.127. The Morgan fingerprint density at radius 3 is 2.53 bits per heavy atom. The van der Waals surface area contributed by atoms with Crippen molar-refractivity contribution in [2.45, 2.75) is 64.8 Å². The van der Waals surface area contributed by atoms with E-state index in [1.165, 1.54) is 12.1 Å². The summed E-state index contributed by atoms with van der Waals surface area (Å²) in [6.45, 7) is 6.05. The predicted octanol–water partition coefficient (Wildman–Crippen LogP) is 3.45. The first-order valence-electron chi connectivity index (χ1n) is 11.5. The summed E-state index contributed by atoms with van der Waals surface area (Å²) >= 11 is 0. The molecule has 2 aromatic rings. The lowest BCUT2D eigenvalue weighted by Crippen LogP contribution is -2.45. The molecule has 0 aliphatic carbocycles. The predicted molar refractivity (Wildman–Crippen MR) is 117 cm³/mol. The van der Waals surface area contributed by atoms with Crippen LogP contribution in [0.3, 0.4) is 0 Å². The highest BCUT2D eigenvalue weighted by atomic mass is 19.1. The molecule has 8 heteroatoms. The first-order valence-corrected chi connectivity index (χ1v) is 11.5. The number of fused-ring (bicyclic) bond motifs is 1. The molecule has 1 saturated heterocycles. The van der Waals surface area contributed by atoms with Crippen molar-refractivity contribution in [1.29, 1.82) is 0 Å². The monoisotopic (exact) mass is 442 g/mol. The fraction of sp³-hybridized carbons (Fsp3) is 0.542. The molecule has 1 atom stereocenters. The van der Waals surface area contributed by atoms with Crippen LogP contribution in [0.5, 0.6) is 0 Å². The second kappa shape index (κ2) is 9.81. The van der Waals surface area contributed by atoms with Crippen molar-refractivity contribution in [3.63, 3.8) is 0 Å². The largest absolute Gasteiger partial charge is 0.365 e. The fourth-order valence-electron chi connectivity index (χ4n) is 4.49. The number of amides is 2. The van der Waals surface area contributed by atoms with Gasteiger partial charge < -0.3 is 19.5 Å².